The second kappa shape index (κ2) is 3.62. The highest BCUT2D eigenvalue weighted by Crippen LogP contribution is 2.18. The van der Waals surface area contributed by atoms with E-state index >= 15 is 0 Å². The molecule has 5 heteroatoms. The number of hydrogen-bond acceptors (Lipinski definition) is 4. The molecule has 5 nitrogen and oxygen atoms in total. The van der Waals surface area contributed by atoms with Crippen LogP contribution in [0.3, 0.4) is 0 Å². The number of hydrogen-bond donors (Lipinski definition) is 1. The van der Waals surface area contributed by atoms with Crippen molar-refractivity contribution in [2.24, 2.45) is 0 Å². The molecule has 0 aliphatic carbocycles. The molecule has 17 heavy (non-hydrogen) atoms. The Hall–Kier alpha value is -2.30. The number of nitrogens with zero attached hydrogens (tertiary/aromatic N) is 3. The van der Waals surface area contributed by atoms with E-state index in [9.17, 15) is 0 Å². The number of aromatic nitrogens is 3. The average Bonchev–Trinajstić information content (AvgIpc) is 2.88. The molecule has 0 saturated carbocycles. The molecule has 0 bridgehead atoms. The topological polar surface area (TPSA) is 69.9 Å². The number of anilines is 1. The van der Waals surface area contributed by atoms with Gasteiger partial charge in [0.05, 0.1) is 12.8 Å². The van der Waals surface area contributed by atoms with Crippen LogP contribution in [0.25, 0.3) is 11.2 Å². The average molecular weight is 228 g/mol. The maximum atomic E-state index is 5.89. The Bertz CT molecular complexity index is 655. The largest absolute Gasteiger partial charge is 0.467 e. The van der Waals surface area contributed by atoms with E-state index in [2.05, 4.69) is 9.97 Å². The Morgan fingerprint density at radius 2 is 2.35 bits per heavy atom. The van der Waals surface area contributed by atoms with Gasteiger partial charge in [0, 0.05) is 6.20 Å². The lowest BCUT2D eigenvalue weighted by Gasteiger charge is -2.02. The minimum atomic E-state index is 0.453. The molecule has 86 valence electrons. The van der Waals surface area contributed by atoms with Crippen LogP contribution >= 0.6 is 0 Å². The second-order valence-corrected chi connectivity index (χ2v) is 3.99. The minimum Gasteiger partial charge on any atom is -0.467 e. The Morgan fingerprint density at radius 1 is 1.47 bits per heavy atom. The molecule has 0 spiro atoms. The van der Waals surface area contributed by atoms with Gasteiger partial charge < -0.3 is 10.2 Å². The van der Waals surface area contributed by atoms with Gasteiger partial charge in [0.1, 0.15) is 11.3 Å². The predicted molar refractivity (Wildman–Crippen MR) is 64.5 cm³/mol. The molecule has 0 radical (unpaired) electrons. The summed E-state index contributed by atoms with van der Waals surface area (Å²) in [4.78, 5) is 8.65. The van der Waals surface area contributed by atoms with E-state index in [1.54, 1.807) is 6.26 Å². The highest BCUT2D eigenvalue weighted by atomic mass is 16.3. The van der Waals surface area contributed by atoms with Gasteiger partial charge in [-0.3, -0.25) is 4.57 Å². The summed E-state index contributed by atoms with van der Waals surface area (Å²) >= 11 is 0. The van der Waals surface area contributed by atoms with Crippen molar-refractivity contribution in [1.82, 2.24) is 14.5 Å². The molecule has 3 aromatic heterocycles. The fraction of sp³-hybridized carbons (Fsp3) is 0.167. The van der Waals surface area contributed by atoms with E-state index in [4.69, 9.17) is 10.2 Å². The summed E-state index contributed by atoms with van der Waals surface area (Å²) in [5.74, 6) is 1.29. The number of nitrogens with two attached hydrogens (primary N) is 1. The fourth-order valence-electron chi connectivity index (χ4n) is 1.84. The number of rotatable bonds is 2. The Labute approximate surface area is 97.9 Å². The summed E-state index contributed by atoms with van der Waals surface area (Å²) in [7, 11) is 0. The van der Waals surface area contributed by atoms with Crippen LogP contribution in [-0.4, -0.2) is 14.5 Å². The molecule has 0 atom stereocenters. The van der Waals surface area contributed by atoms with Crippen molar-refractivity contribution in [1.29, 1.82) is 0 Å². The van der Waals surface area contributed by atoms with Gasteiger partial charge in [0.25, 0.3) is 0 Å². The number of aryl methyl sites for hydroxylation is 1. The zero-order valence-corrected chi connectivity index (χ0v) is 9.42. The first-order valence-corrected chi connectivity index (χ1v) is 5.35. The number of furan rings is 1. The van der Waals surface area contributed by atoms with Crippen LogP contribution in [0, 0.1) is 6.92 Å². The van der Waals surface area contributed by atoms with E-state index in [1.807, 2.05) is 35.9 Å². The van der Waals surface area contributed by atoms with Gasteiger partial charge in [0.15, 0.2) is 5.65 Å². The number of nitrogen functional groups attached to an aromatic ring is 1. The zero-order chi connectivity index (χ0) is 11.8. The summed E-state index contributed by atoms with van der Waals surface area (Å²) in [6.07, 6.45) is 3.45. The second-order valence-electron chi connectivity index (χ2n) is 3.99. The van der Waals surface area contributed by atoms with Gasteiger partial charge in [-0.2, -0.15) is 0 Å². The summed E-state index contributed by atoms with van der Waals surface area (Å²) in [5.41, 5.74) is 8.56. The molecule has 3 aromatic rings. The summed E-state index contributed by atoms with van der Waals surface area (Å²) in [6.45, 7) is 2.53. The summed E-state index contributed by atoms with van der Waals surface area (Å²) < 4.78 is 7.14. The third-order valence-electron chi connectivity index (χ3n) is 2.65. The molecule has 0 aromatic carbocycles. The monoisotopic (exact) mass is 228 g/mol. The van der Waals surface area contributed by atoms with Crippen molar-refractivity contribution in [3.63, 3.8) is 0 Å². The first kappa shape index (κ1) is 9.89. The van der Waals surface area contributed by atoms with Crippen LogP contribution in [0.2, 0.25) is 0 Å². The molecule has 0 amide bonds. The highest BCUT2D eigenvalue weighted by molar-refractivity contribution is 5.74. The van der Waals surface area contributed by atoms with Gasteiger partial charge in [-0.05, 0) is 30.7 Å². The van der Waals surface area contributed by atoms with E-state index in [-0.39, 0.29) is 0 Å². The van der Waals surface area contributed by atoms with Crippen molar-refractivity contribution in [2.75, 3.05) is 5.73 Å². The number of fused-ring (bicyclic) bond motifs is 1. The molecule has 0 aliphatic heterocycles. The van der Waals surface area contributed by atoms with Crippen molar-refractivity contribution in [3.8, 4) is 0 Å². The van der Waals surface area contributed by atoms with Gasteiger partial charge in [-0.15, -0.1) is 0 Å². The van der Waals surface area contributed by atoms with Crippen LogP contribution in [0.1, 0.15) is 11.3 Å². The van der Waals surface area contributed by atoms with Crippen molar-refractivity contribution in [3.05, 3.63) is 42.0 Å². The van der Waals surface area contributed by atoms with Crippen molar-refractivity contribution in [2.45, 2.75) is 13.5 Å². The lowest BCUT2D eigenvalue weighted by Crippen LogP contribution is -2.04. The van der Waals surface area contributed by atoms with Crippen molar-refractivity contribution < 1.29 is 4.42 Å². The zero-order valence-electron chi connectivity index (χ0n) is 9.42. The molecular formula is C12H12N4O. The van der Waals surface area contributed by atoms with Gasteiger partial charge >= 0.3 is 0 Å². The van der Waals surface area contributed by atoms with Crippen LogP contribution in [-0.2, 0) is 6.54 Å². The quantitative estimate of drug-likeness (QED) is 0.728. The lowest BCUT2D eigenvalue weighted by molar-refractivity contribution is 0.497. The Balaban J connectivity index is 2.12. The van der Waals surface area contributed by atoms with Crippen LogP contribution < -0.4 is 5.73 Å². The molecule has 0 aliphatic rings. The van der Waals surface area contributed by atoms with E-state index in [0.29, 0.717) is 12.5 Å². The van der Waals surface area contributed by atoms with Gasteiger partial charge in [-0.1, -0.05) is 0 Å². The van der Waals surface area contributed by atoms with Crippen LogP contribution in [0.15, 0.2) is 35.1 Å². The maximum absolute atomic E-state index is 5.89. The van der Waals surface area contributed by atoms with Gasteiger partial charge in [-0.25, -0.2) is 9.97 Å². The number of pyridine rings is 1. The van der Waals surface area contributed by atoms with E-state index in [0.717, 1.165) is 22.5 Å². The number of imidazole rings is 1. The minimum absolute atomic E-state index is 0.453. The molecule has 2 N–H and O–H groups in total. The molecule has 0 fully saturated rings. The molecule has 0 saturated heterocycles. The van der Waals surface area contributed by atoms with E-state index in [1.165, 1.54) is 0 Å². The molecule has 3 rings (SSSR count). The lowest BCUT2D eigenvalue weighted by atomic mass is 10.3. The van der Waals surface area contributed by atoms with Crippen molar-refractivity contribution >= 4 is 17.1 Å². The Morgan fingerprint density at radius 3 is 3.12 bits per heavy atom. The fourth-order valence-corrected chi connectivity index (χ4v) is 1.84. The third-order valence-corrected chi connectivity index (χ3v) is 2.65. The van der Waals surface area contributed by atoms with Crippen LogP contribution in [0.4, 0.5) is 5.95 Å². The smallest absolute Gasteiger partial charge is 0.202 e. The third kappa shape index (κ3) is 1.65. The summed E-state index contributed by atoms with van der Waals surface area (Å²) in [5, 5.41) is 0. The SMILES string of the molecule is Cc1cnc2c(c1)nc(N)n2Cc1ccco1. The standard InChI is InChI=1S/C12H12N4O/c1-8-5-10-11(14-6-8)16(12(13)15-10)7-9-3-2-4-17-9/h2-6H,7H2,1H3,(H2,13,15). The van der Waals surface area contributed by atoms with Gasteiger partial charge in [0.2, 0.25) is 5.95 Å². The highest BCUT2D eigenvalue weighted by Gasteiger charge is 2.10. The Kier molecular flexibility index (Phi) is 2.11. The normalized spacial score (nSPS) is 11.1. The molecule has 3 heterocycles. The molecular weight excluding hydrogens is 216 g/mol. The summed E-state index contributed by atoms with van der Waals surface area (Å²) in [6, 6.07) is 5.72. The molecule has 0 unspecified atom stereocenters. The predicted octanol–water partition coefficient (Wildman–Crippen LogP) is 1.96. The first-order valence-electron chi connectivity index (χ1n) is 5.35. The maximum Gasteiger partial charge on any atom is 0.202 e. The van der Waals surface area contributed by atoms with Crippen LogP contribution in [0.5, 0.6) is 0 Å². The first-order chi connectivity index (χ1) is 8.24. The van der Waals surface area contributed by atoms with E-state index < -0.39 is 0 Å².